The predicted molar refractivity (Wildman–Crippen MR) is 159 cm³/mol. The summed E-state index contributed by atoms with van der Waals surface area (Å²) in [5.41, 5.74) is 4.24. The maximum Gasteiger partial charge on any atom is 0.272 e. The number of benzene rings is 1. The van der Waals surface area contributed by atoms with Crippen LogP contribution in [0, 0.1) is 18.8 Å². The first-order valence-corrected chi connectivity index (χ1v) is 14.6. The Balaban J connectivity index is 1.61. The molecule has 0 saturated carbocycles. The van der Waals surface area contributed by atoms with Gasteiger partial charge >= 0.3 is 0 Å². The van der Waals surface area contributed by atoms with Crippen LogP contribution in [0.2, 0.25) is 0 Å². The molecule has 0 spiro atoms. The predicted octanol–water partition coefficient (Wildman–Crippen LogP) is 5.74. The number of pyridine rings is 1. The van der Waals surface area contributed by atoms with Crippen LogP contribution >= 0.6 is 0 Å². The lowest BCUT2D eigenvalue weighted by atomic mass is 10.1. The van der Waals surface area contributed by atoms with Gasteiger partial charge in [-0.05, 0) is 62.3 Å². The number of fused-ring (bicyclic) bond motifs is 1. The van der Waals surface area contributed by atoms with Crippen molar-refractivity contribution in [1.29, 1.82) is 0 Å². The van der Waals surface area contributed by atoms with Gasteiger partial charge in [0.05, 0.1) is 13.2 Å². The van der Waals surface area contributed by atoms with E-state index in [9.17, 15) is 4.79 Å². The Morgan fingerprint density at radius 3 is 2.26 bits per heavy atom. The van der Waals surface area contributed by atoms with Crippen LogP contribution in [0.5, 0.6) is 0 Å². The fraction of sp³-hybridized carbons (Fsp3) is 0.581. The molecule has 4 rings (SSSR count). The molecule has 39 heavy (non-hydrogen) atoms. The third kappa shape index (κ3) is 8.26. The summed E-state index contributed by atoms with van der Waals surface area (Å²) in [6, 6.07) is 12.1. The van der Waals surface area contributed by atoms with Gasteiger partial charge in [0.15, 0.2) is 5.65 Å². The fourth-order valence-corrected chi connectivity index (χ4v) is 4.78. The van der Waals surface area contributed by atoms with Gasteiger partial charge in [0.1, 0.15) is 11.2 Å². The number of aromatic nitrogens is 3. The van der Waals surface area contributed by atoms with Crippen molar-refractivity contribution in [1.82, 2.24) is 24.3 Å². The van der Waals surface area contributed by atoms with Crippen molar-refractivity contribution >= 4 is 28.7 Å². The van der Waals surface area contributed by atoms with Gasteiger partial charge in [-0.15, -0.1) is 0 Å². The van der Waals surface area contributed by atoms with E-state index in [-0.39, 0.29) is 5.91 Å². The summed E-state index contributed by atoms with van der Waals surface area (Å²) in [5.74, 6) is 1.84. The number of carbonyl (C=O) groups excluding carboxylic acids is 1. The van der Waals surface area contributed by atoms with Crippen LogP contribution in [0.4, 0.5) is 11.6 Å². The lowest BCUT2D eigenvalue weighted by Gasteiger charge is -2.26. The average molecular weight is 535 g/mol. The highest BCUT2D eigenvalue weighted by atomic mass is 16.5. The summed E-state index contributed by atoms with van der Waals surface area (Å²) in [6.07, 6.45) is 2.93. The first-order valence-electron chi connectivity index (χ1n) is 14.6. The minimum atomic E-state index is 0.00677. The van der Waals surface area contributed by atoms with Crippen molar-refractivity contribution in [2.75, 3.05) is 51.3 Å². The Bertz CT molecular complexity index is 1190. The van der Waals surface area contributed by atoms with E-state index in [0.29, 0.717) is 17.5 Å². The van der Waals surface area contributed by atoms with Gasteiger partial charge in [0.25, 0.3) is 5.91 Å². The quantitative estimate of drug-likeness (QED) is 0.301. The summed E-state index contributed by atoms with van der Waals surface area (Å²) in [5, 5.41) is 3.50. The smallest absolute Gasteiger partial charge is 0.272 e. The third-order valence-corrected chi connectivity index (χ3v) is 7.32. The van der Waals surface area contributed by atoms with Crippen LogP contribution in [0.3, 0.4) is 0 Å². The summed E-state index contributed by atoms with van der Waals surface area (Å²) < 4.78 is 7.64. The molecule has 3 heterocycles. The van der Waals surface area contributed by atoms with Gasteiger partial charge in [0, 0.05) is 45.0 Å². The number of nitrogens with zero attached hydrogens (tertiary/aromatic N) is 5. The number of anilines is 2. The Morgan fingerprint density at radius 2 is 1.62 bits per heavy atom. The highest BCUT2D eigenvalue weighted by molar-refractivity contribution is 5.94. The standard InChI is InChI=1S/C31H46N6O2/c1-23(2)13-17-36(18-14-24(3)4)30(38)28-12-11-27-29(33-28)37(16-6-15-35-19-21-39-22-20-35)31(34-27)32-26-9-7-25(5)8-10-26/h7-12,23-24H,6,13-22H2,1-5H3,(H,32,34). The number of hydrogen-bond donors (Lipinski definition) is 1. The van der Waals surface area contributed by atoms with E-state index in [1.54, 1.807) is 0 Å². The van der Waals surface area contributed by atoms with Gasteiger partial charge < -0.3 is 15.0 Å². The molecular weight excluding hydrogens is 488 g/mol. The Morgan fingerprint density at radius 1 is 0.949 bits per heavy atom. The topological polar surface area (TPSA) is 75.5 Å². The Labute approximate surface area is 233 Å². The molecule has 1 saturated heterocycles. The molecule has 0 radical (unpaired) electrons. The van der Waals surface area contributed by atoms with E-state index in [4.69, 9.17) is 14.7 Å². The first-order chi connectivity index (χ1) is 18.8. The minimum absolute atomic E-state index is 0.00677. The molecule has 2 aromatic heterocycles. The summed E-state index contributed by atoms with van der Waals surface area (Å²) in [4.78, 5) is 27.9. The monoisotopic (exact) mass is 534 g/mol. The van der Waals surface area contributed by atoms with Gasteiger partial charge in [-0.2, -0.15) is 0 Å². The van der Waals surface area contributed by atoms with Crippen LogP contribution < -0.4 is 5.32 Å². The number of rotatable bonds is 13. The largest absolute Gasteiger partial charge is 0.379 e. The highest BCUT2D eigenvalue weighted by Gasteiger charge is 2.21. The van der Waals surface area contributed by atoms with E-state index in [0.717, 1.165) is 94.5 Å². The molecule has 212 valence electrons. The Kier molecular flexibility index (Phi) is 10.3. The first kappa shape index (κ1) is 29.0. The average Bonchev–Trinajstić information content (AvgIpc) is 3.26. The van der Waals surface area contributed by atoms with Crippen LogP contribution in [0.15, 0.2) is 36.4 Å². The molecule has 1 aliphatic heterocycles. The van der Waals surface area contributed by atoms with Gasteiger partial charge in [-0.25, -0.2) is 9.97 Å². The number of amides is 1. The van der Waals surface area contributed by atoms with Gasteiger partial charge in [0.2, 0.25) is 5.95 Å². The summed E-state index contributed by atoms with van der Waals surface area (Å²) in [6.45, 7) is 17.7. The van der Waals surface area contributed by atoms with Crippen molar-refractivity contribution in [3.05, 3.63) is 47.7 Å². The zero-order valence-corrected chi connectivity index (χ0v) is 24.4. The molecule has 3 aromatic rings. The van der Waals surface area contributed by atoms with E-state index >= 15 is 0 Å². The molecule has 0 bridgehead atoms. The second-order valence-corrected chi connectivity index (χ2v) is 11.6. The highest BCUT2D eigenvalue weighted by Crippen LogP contribution is 2.24. The summed E-state index contributed by atoms with van der Waals surface area (Å²) in [7, 11) is 0. The van der Waals surface area contributed by atoms with Crippen molar-refractivity contribution in [2.45, 2.75) is 60.4 Å². The Hall–Kier alpha value is -2.97. The van der Waals surface area contributed by atoms with Crippen LogP contribution in [-0.4, -0.2) is 76.2 Å². The number of morpholine rings is 1. The fourth-order valence-electron chi connectivity index (χ4n) is 4.78. The van der Waals surface area contributed by atoms with Crippen molar-refractivity contribution in [2.24, 2.45) is 11.8 Å². The third-order valence-electron chi connectivity index (χ3n) is 7.32. The molecule has 8 heteroatoms. The number of imidazole rings is 1. The van der Waals surface area contributed by atoms with Crippen LogP contribution in [-0.2, 0) is 11.3 Å². The molecule has 8 nitrogen and oxygen atoms in total. The van der Waals surface area contributed by atoms with Crippen molar-refractivity contribution in [3.63, 3.8) is 0 Å². The normalized spacial score (nSPS) is 14.4. The molecule has 1 aromatic carbocycles. The molecule has 1 amide bonds. The molecule has 1 N–H and O–H groups in total. The van der Waals surface area contributed by atoms with Crippen molar-refractivity contribution < 1.29 is 9.53 Å². The van der Waals surface area contributed by atoms with Crippen LogP contribution in [0.25, 0.3) is 11.2 Å². The molecule has 1 aliphatic rings. The van der Waals surface area contributed by atoms with E-state index < -0.39 is 0 Å². The molecule has 1 fully saturated rings. The zero-order valence-electron chi connectivity index (χ0n) is 24.4. The maximum atomic E-state index is 13.7. The minimum Gasteiger partial charge on any atom is -0.379 e. The number of aryl methyl sites for hydroxylation is 2. The van der Waals surface area contributed by atoms with Gasteiger partial charge in [-0.3, -0.25) is 14.3 Å². The van der Waals surface area contributed by atoms with Crippen molar-refractivity contribution in [3.8, 4) is 0 Å². The van der Waals surface area contributed by atoms with Crippen LogP contribution in [0.1, 0.15) is 63.0 Å². The molecule has 0 unspecified atom stereocenters. The van der Waals surface area contributed by atoms with E-state index in [2.05, 4.69) is 73.7 Å². The number of ether oxygens (including phenoxy) is 1. The van der Waals surface area contributed by atoms with Gasteiger partial charge in [-0.1, -0.05) is 45.4 Å². The van der Waals surface area contributed by atoms with E-state index in [1.807, 2.05) is 17.0 Å². The second-order valence-electron chi connectivity index (χ2n) is 11.6. The molecule has 0 atom stereocenters. The lowest BCUT2D eigenvalue weighted by molar-refractivity contribution is 0.0370. The second kappa shape index (κ2) is 13.9. The molecule has 0 aliphatic carbocycles. The number of nitrogens with one attached hydrogen (secondary N) is 1. The van der Waals surface area contributed by atoms with E-state index in [1.165, 1.54) is 5.56 Å². The SMILES string of the molecule is Cc1ccc(Nc2nc3ccc(C(=O)N(CCC(C)C)CCC(C)C)nc3n2CCCN2CCOCC2)cc1. The summed E-state index contributed by atoms with van der Waals surface area (Å²) >= 11 is 0. The lowest BCUT2D eigenvalue weighted by Crippen LogP contribution is -2.37. The molecular formula is C31H46N6O2. The number of hydrogen-bond acceptors (Lipinski definition) is 6. The maximum absolute atomic E-state index is 13.7. The number of carbonyl (C=O) groups is 1. The zero-order chi connectivity index (χ0) is 27.8.